The molecule has 164 valence electrons. The summed E-state index contributed by atoms with van der Waals surface area (Å²) in [6, 6.07) is 1.86. The Hall–Kier alpha value is -3.45. The summed E-state index contributed by atoms with van der Waals surface area (Å²) in [6.45, 7) is 4.40. The minimum atomic E-state index is -0.744. The molecule has 0 amide bonds. The predicted octanol–water partition coefficient (Wildman–Crippen LogP) is 1.18. The van der Waals surface area contributed by atoms with Gasteiger partial charge in [-0.05, 0) is 6.92 Å². The van der Waals surface area contributed by atoms with E-state index in [1.54, 1.807) is 0 Å². The molecule has 12 nitrogen and oxygen atoms in total. The normalized spacial score (nSPS) is 15.0. The number of aromatic amines is 1. The molecule has 31 heavy (non-hydrogen) atoms. The van der Waals surface area contributed by atoms with Gasteiger partial charge in [-0.15, -0.1) is 0 Å². The Labute approximate surface area is 177 Å². The van der Waals surface area contributed by atoms with Gasteiger partial charge in [0, 0.05) is 32.0 Å². The van der Waals surface area contributed by atoms with Crippen LogP contribution in [0.4, 0.5) is 22.1 Å². The quantitative estimate of drug-likeness (QED) is 0.532. The lowest BCUT2D eigenvalue weighted by Crippen LogP contribution is -2.37. The van der Waals surface area contributed by atoms with E-state index in [4.69, 9.17) is 14.2 Å². The number of nitrogens with one attached hydrogen (secondary N) is 2. The molecule has 0 aliphatic carbocycles. The van der Waals surface area contributed by atoms with Crippen LogP contribution in [-0.4, -0.2) is 75.1 Å². The first kappa shape index (κ1) is 20.8. The number of morpholine rings is 1. The van der Waals surface area contributed by atoms with Crippen LogP contribution < -0.4 is 15.0 Å². The smallest absolute Gasteiger partial charge is 0.323 e. The van der Waals surface area contributed by atoms with Crippen LogP contribution in [0.25, 0.3) is 0 Å². The van der Waals surface area contributed by atoms with E-state index in [1.807, 2.05) is 17.9 Å². The molecule has 1 fully saturated rings. The van der Waals surface area contributed by atoms with E-state index in [0.717, 1.165) is 18.1 Å². The van der Waals surface area contributed by atoms with Crippen molar-refractivity contribution in [1.29, 1.82) is 0 Å². The number of aromatic nitrogens is 7. The lowest BCUT2D eigenvalue weighted by atomic mass is 10.3. The maximum absolute atomic E-state index is 13.2. The van der Waals surface area contributed by atoms with E-state index in [-0.39, 0.29) is 24.4 Å². The number of nitrogens with zero attached hydrogens (tertiary/aromatic N) is 7. The fraction of sp³-hybridized carbons (Fsp3) is 0.444. The fourth-order valence-electron chi connectivity index (χ4n) is 2.88. The monoisotopic (exact) mass is 431 g/mol. The summed E-state index contributed by atoms with van der Waals surface area (Å²) < 4.78 is 29.8. The molecule has 2 N–H and O–H groups in total. The molecule has 0 bridgehead atoms. The van der Waals surface area contributed by atoms with Crippen LogP contribution in [0.5, 0.6) is 6.01 Å². The number of hydrogen-bond donors (Lipinski definition) is 2. The van der Waals surface area contributed by atoms with E-state index in [9.17, 15) is 4.39 Å². The molecule has 0 unspecified atom stereocenters. The highest BCUT2D eigenvalue weighted by Gasteiger charge is 2.22. The zero-order valence-corrected chi connectivity index (χ0v) is 17.1. The van der Waals surface area contributed by atoms with Crippen molar-refractivity contribution >= 4 is 17.7 Å². The summed E-state index contributed by atoms with van der Waals surface area (Å²) in [5.74, 6) is 0.941. The topological polar surface area (TPSA) is 136 Å². The molecule has 3 aromatic heterocycles. The van der Waals surface area contributed by atoms with Crippen molar-refractivity contribution in [3.63, 3.8) is 0 Å². The van der Waals surface area contributed by atoms with Gasteiger partial charge in [-0.25, -0.2) is 14.4 Å². The van der Waals surface area contributed by atoms with Gasteiger partial charge in [-0.1, -0.05) is 0 Å². The zero-order valence-electron chi connectivity index (χ0n) is 17.1. The van der Waals surface area contributed by atoms with Crippen molar-refractivity contribution in [2.24, 2.45) is 0 Å². The largest absolute Gasteiger partial charge is 0.449 e. The molecule has 4 heterocycles. The molecule has 0 aromatic carbocycles. The second kappa shape index (κ2) is 9.57. The average Bonchev–Trinajstić information content (AvgIpc) is 3.19. The van der Waals surface area contributed by atoms with Gasteiger partial charge in [0.25, 0.3) is 0 Å². The average molecular weight is 431 g/mol. The second-order valence-corrected chi connectivity index (χ2v) is 6.72. The zero-order chi connectivity index (χ0) is 21.6. The maximum atomic E-state index is 13.2. The number of rotatable bonds is 8. The molecule has 0 spiro atoms. The molecule has 1 atom stereocenters. The highest BCUT2D eigenvalue weighted by atomic mass is 19.1. The molecule has 1 aliphatic heterocycles. The molecule has 1 aliphatic rings. The van der Waals surface area contributed by atoms with Crippen molar-refractivity contribution in [2.45, 2.75) is 13.0 Å². The first-order valence-electron chi connectivity index (χ1n) is 9.61. The van der Waals surface area contributed by atoms with Crippen molar-refractivity contribution in [3.8, 4) is 6.01 Å². The van der Waals surface area contributed by atoms with Crippen LogP contribution in [0, 0.1) is 12.7 Å². The summed E-state index contributed by atoms with van der Waals surface area (Å²) >= 11 is 0. The molecule has 13 heteroatoms. The van der Waals surface area contributed by atoms with Crippen LogP contribution in [0.1, 0.15) is 17.6 Å². The minimum Gasteiger partial charge on any atom is -0.449 e. The van der Waals surface area contributed by atoms with Crippen LogP contribution in [-0.2, 0) is 9.47 Å². The van der Waals surface area contributed by atoms with Gasteiger partial charge in [0.05, 0.1) is 32.2 Å². The van der Waals surface area contributed by atoms with E-state index < -0.39 is 11.9 Å². The molecular weight excluding hydrogens is 409 g/mol. The Kier molecular flexibility index (Phi) is 6.43. The lowest BCUT2D eigenvalue weighted by Gasteiger charge is -2.27. The van der Waals surface area contributed by atoms with Gasteiger partial charge in [0.2, 0.25) is 11.9 Å². The van der Waals surface area contributed by atoms with E-state index in [0.29, 0.717) is 38.1 Å². The van der Waals surface area contributed by atoms with Crippen molar-refractivity contribution in [2.75, 3.05) is 50.2 Å². The number of hydrogen-bond acceptors (Lipinski definition) is 11. The first-order chi connectivity index (χ1) is 15.1. The number of H-pyrrole nitrogens is 1. The Bertz CT molecular complexity index is 995. The van der Waals surface area contributed by atoms with Crippen molar-refractivity contribution in [3.05, 3.63) is 35.8 Å². The summed E-state index contributed by atoms with van der Waals surface area (Å²) in [6.07, 6.45) is 1.38. The molecule has 0 radical (unpaired) electrons. The van der Waals surface area contributed by atoms with Gasteiger partial charge < -0.3 is 24.4 Å². The van der Waals surface area contributed by atoms with E-state index >= 15 is 0 Å². The summed E-state index contributed by atoms with van der Waals surface area (Å²) in [4.78, 5) is 23.2. The van der Waals surface area contributed by atoms with Gasteiger partial charge in [0.15, 0.2) is 23.6 Å². The summed E-state index contributed by atoms with van der Waals surface area (Å²) in [5, 5.41) is 10.0. The Morgan fingerprint density at radius 3 is 2.68 bits per heavy atom. The third-order valence-corrected chi connectivity index (χ3v) is 4.34. The number of methoxy groups -OCH3 is 1. The third kappa shape index (κ3) is 5.38. The van der Waals surface area contributed by atoms with Crippen LogP contribution in [0.3, 0.4) is 0 Å². The van der Waals surface area contributed by atoms with E-state index in [2.05, 4.69) is 40.4 Å². The number of ether oxygens (including phenoxy) is 3. The van der Waals surface area contributed by atoms with Crippen LogP contribution >= 0.6 is 0 Å². The van der Waals surface area contributed by atoms with Gasteiger partial charge >= 0.3 is 6.01 Å². The van der Waals surface area contributed by atoms with Gasteiger partial charge in [-0.3, -0.25) is 5.10 Å². The maximum Gasteiger partial charge on any atom is 0.323 e. The van der Waals surface area contributed by atoms with Gasteiger partial charge in [-0.2, -0.15) is 20.1 Å². The SMILES string of the molecule is COC[C@@H](Oc1nc(Nc2cc(C)[nH]n2)nc(N2CCOCC2)n1)c1ncc(F)cn1. The van der Waals surface area contributed by atoms with E-state index in [1.165, 1.54) is 7.11 Å². The summed E-state index contributed by atoms with van der Waals surface area (Å²) in [5.41, 5.74) is 0.884. The molecular formula is C18H22FN9O3. The third-order valence-electron chi connectivity index (χ3n) is 4.34. The fourth-order valence-corrected chi connectivity index (χ4v) is 2.88. The second-order valence-electron chi connectivity index (χ2n) is 6.72. The number of halogens is 1. The number of aryl methyl sites for hydroxylation is 1. The molecule has 4 rings (SSSR count). The van der Waals surface area contributed by atoms with Crippen molar-refractivity contribution < 1.29 is 18.6 Å². The molecule has 0 saturated carbocycles. The molecule has 1 saturated heterocycles. The standard InChI is InChI=1S/C18H22FN9O3/c1-11-7-14(27-26-11)22-16-23-17(28-3-5-30-6-4-28)25-18(24-16)31-13(10-29-2)15-20-8-12(19)9-21-15/h7-9,13H,3-6,10H2,1-2H3,(H2,22,23,24,25,26,27)/t13-/m1/s1. The highest BCUT2D eigenvalue weighted by molar-refractivity contribution is 5.50. The molecule has 3 aromatic rings. The first-order valence-corrected chi connectivity index (χ1v) is 9.61. The van der Waals surface area contributed by atoms with Crippen LogP contribution in [0.2, 0.25) is 0 Å². The Balaban J connectivity index is 1.63. The lowest BCUT2D eigenvalue weighted by molar-refractivity contribution is 0.0686. The summed E-state index contributed by atoms with van der Waals surface area (Å²) in [7, 11) is 1.51. The van der Waals surface area contributed by atoms with Gasteiger partial charge in [0.1, 0.15) is 0 Å². The van der Waals surface area contributed by atoms with Crippen LogP contribution in [0.15, 0.2) is 18.5 Å². The van der Waals surface area contributed by atoms with Crippen molar-refractivity contribution in [1.82, 2.24) is 35.1 Å². The predicted molar refractivity (Wildman–Crippen MR) is 107 cm³/mol. The Morgan fingerprint density at radius 1 is 1.23 bits per heavy atom. The highest BCUT2D eigenvalue weighted by Crippen LogP contribution is 2.22. The Morgan fingerprint density at radius 2 is 2.00 bits per heavy atom. The minimum absolute atomic E-state index is 0.0428. The number of anilines is 3.